The van der Waals surface area contributed by atoms with Gasteiger partial charge in [-0.05, 0) is 80.8 Å². The molecule has 112 valence electrons. The molecule has 4 nitrogen and oxygen atoms in total. The number of nitrogens with zero attached hydrogens (tertiary/aromatic N) is 3. The molecule has 0 aromatic heterocycles. The average Bonchev–Trinajstić information content (AvgIpc) is 2.27. The van der Waals surface area contributed by atoms with E-state index in [4.69, 9.17) is 0 Å². The third-order valence-electron chi connectivity index (χ3n) is 3.22. The van der Waals surface area contributed by atoms with Crippen molar-refractivity contribution in [1.29, 1.82) is 5.26 Å². The van der Waals surface area contributed by atoms with Gasteiger partial charge in [-0.3, -0.25) is 5.32 Å². The van der Waals surface area contributed by atoms with Crippen molar-refractivity contribution in [3.8, 4) is 6.07 Å². The lowest BCUT2D eigenvalue weighted by molar-refractivity contribution is 0.280. The fraction of sp³-hybridized carbons (Fsp3) is 0.933. The molecule has 1 unspecified atom stereocenters. The van der Waals surface area contributed by atoms with Gasteiger partial charge in [0.25, 0.3) is 0 Å². The van der Waals surface area contributed by atoms with Gasteiger partial charge in [-0.15, -0.1) is 0 Å². The Hall–Kier alpha value is -0.630. The minimum absolute atomic E-state index is 0.350. The SMILES string of the molecule is CC(C)NC(C)(C#N)CCCN(C)CCCN(C)C. The zero-order valence-electron chi connectivity index (χ0n) is 13.7. The quantitative estimate of drug-likeness (QED) is 0.657. The van der Waals surface area contributed by atoms with Gasteiger partial charge in [-0.2, -0.15) is 5.26 Å². The highest BCUT2D eigenvalue weighted by Gasteiger charge is 2.23. The Morgan fingerprint density at radius 3 is 2.16 bits per heavy atom. The second-order valence-corrected chi connectivity index (χ2v) is 6.31. The molecule has 0 aliphatic carbocycles. The highest BCUT2D eigenvalue weighted by molar-refractivity contribution is 5.04. The van der Waals surface area contributed by atoms with Crippen LogP contribution in [0.4, 0.5) is 0 Å². The van der Waals surface area contributed by atoms with Crippen LogP contribution in [-0.4, -0.2) is 62.2 Å². The van der Waals surface area contributed by atoms with E-state index in [-0.39, 0.29) is 0 Å². The number of rotatable bonds is 10. The lowest BCUT2D eigenvalue weighted by Crippen LogP contribution is -2.45. The number of hydrogen-bond acceptors (Lipinski definition) is 4. The molecule has 0 spiro atoms. The van der Waals surface area contributed by atoms with Crippen LogP contribution in [0.2, 0.25) is 0 Å². The van der Waals surface area contributed by atoms with Crippen molar-refractivity contribution < 1.29 is 0 Å². The average molecular weight is 268 g/mol. The summed E-state index contributed by atoms with van der Waals surface area (Å²) >= 11 is 0. The Morgan fingerprint density at radius 2 is 1.68 bits per heavy atom. The molecule has 4 heteroatoms. The van der Waals surface area contributed by atoms with Crippen LogP contribution in [0, 0.1) is 11.3 Å². The fourth-order valence-corrected chi connectivity index (χ4v) is 2.27. The van der Waals surface area contributed by atoms with Gasteiger partial charge < -0.3 is 9.80 Å². The maximum Gasteiger partial charge on any atom is 0.104 e. The molecule has 0 amide bonds. The summed E-state index contributed by atoms with van der Waals surface area (Å²) < 4.78 is 0. The third-order valence-corrected chi connectivity index (χ3v) is 3.22. The van der Waals surface area contributed by atoms with Gasteiger partial charge >= 0.3 is 0 Å². The first-order chi connectivity index (χ1) is 8.79. The zero-order valence-corrected chi connectivity index (χ0v) is 13.7. The Balaban J connectivity index is 3.84. The molecule has 0 radical (unpaired) electrons. The van der Waals surface area contributed by atoms with Crippen molar-refractivity contribution in [1.82, 2.24) is 15.1 Å². The summed E-state index contributed by atoms with van der Waals surface area (Å²) in [5, 5.41) is 12.6. The van der Waals surface area contributed by atoms with Gasteiger partial charge in [-0.1, -0.05) is 0 Å². The van der Waals surface area contributed by atoms with E-state index in [1.807, 2.05) is 6.92 Å². The van der Waals surface area contributed by atoms with Crippen molar-refractivity contribution in [3.05, 3.63) is 0 Å². The molecule has 1 atom stereocenters. The summed E-state index contributed by atoms with van der Waals surface area (Å²) in [5.41, 5.74) is -0.390. The minimum atomic E-state index is -0.390. The summed E-state index contributed by atoms with van der Waals surface area (Å²) in [6.07, 6.45) is 3.16. The van der Waals surface area contributed by atoms with Crippen LogP contribution in [0.5, 0.6) is 0 Å². The van der Waals surface area contributed by atoms with E-state index >= 15 is 0 Å². The van der Waals surface area contributed by atoms with Gasteiger partial charge in [0.2, 0.25) is 0 Å². The Labute approximate surface area is 119 Å². The van der Waals surface area contributed by atoms with Crippen molar-refractivity contribution in [2.24, 2.45) is 0 Å². The first kappa shape index (κ1) is 18.4. The second kappa shape index (κ2) is 9.30. The van der Waals surface area contributed by atoms with Crippen LogP contribution in [0.3, 0.4) is 0 Å². The van der Waals surface area contributed by atoms with Gasteiger partial charge in [0.15, 0.2) is 0 Å². The summed E-state index contributed by atoms with van der Waals surface area (Å²) in [4.78, 5) is 4.57. The van der Waals surface area contributed by atoms with Gasteiger partial charge in [0.1, 0.15) is 5.54 Å². The lowest BCUT2D eigenvalue weighted by Gasteiger charge is -2.27. The van der Waals surface area contributed by atoms with Crippen LogP contribution in [0.1, 0.15) is 40.0 Å². The van der Waals surface area contributed by atoms with E-state index in [0.717, 1.165) is 32.5 Å². The molecule has 0 saturated heterocycles. The monoisotopic (exact) mass is 268 g/mol. The molecule has 0 rings (SSSR count). The molecule has 0 fully saturated rings. The predicted molar refractivity (Wildman–Crippen MR) is 82.2 cm³/mol. The predicted octanol–water partition coefficient (Wildman–Crippen LogP) is 1.93. The van der Waals surface area contributed by atoms with Crippen molar-refractivity contribution in [2.45, 2.75) is 51.6 Å². The van der Waals surface area contributed by atoms with Gasteiger partial charge in [0.05, 0.1) is 6.07 Å². The molecular weight excluding hydrogens is 236 g/mol. The topological polar surface area (TPSA) is 42.3 Å². The van der Waals surface area contributed by atoms with E-state index in [0.29, 0.717) is 6.04 Å². The van der Waals surface area contributed by atoms with Gasteiger partial charge in [0, 0.05) is 6.04 Å². The normalized spacial score (nSPS) is 14.9. The summed E-state index contributed by atoms with van der Waals surface area (Å²) in [6.45, 7) is 9.49. The Kier molecular flexibility index (Phi) is 8.99. The van der Waals surface area contributed by atoms with Crippen molar-refractivity contribution in [2.75, 3.05) is 40.8 Å². The highest BCUT2D eigenvalue weighted by Crippen LogP contribution is 2.12. The molecule has 0 saturated carbocycles. The lowest BCUT2D eigenvalue weighted by atomic mass is 9.96. The number of hydrogen-bond donors (Lipinski definition) is 1. The molecule has 0 aliphatic heterocycles. The van der Waals surface area contributed by atoms with Crippen LogP contribution < -0.4 is 5.32 Å². The first-order valence-electron chi connectivity index (χ1n) is 7.31. The largest absolute Gasteiger partial charge is 0.309 e. The summed E-state index contributed by atoms with van der Waals surface area (Å²) in [6, 6.07) is 2.75. The molecule has 0 aromatic carbocycles. The van der Waals surface area contributed by atoms with E-state index in [1.165, 1.54) is 6.42 Å². The Bertz CT molecular complexity index is 270. The van der Waals surface area contributed by atoms with Crippen LogP contribution >= 0.6 is 0 Å². The molecule has 0 aliphatic rings. The van der Waals surface area contributed by atoms with Crippen LogP contribution in [0.15, 0.2) is 0 Å². The standard InChI is InChI=1S/C15H32N4/c1-14(2)17-15(3,13-16)9-7-11-19(6)12-8-10-18(4)5/h14,17H,7-12H2,1-6H3. The Morgan fingerprint density at radius 1 is 1.11 bits per heavy atom. The minimum Gasteiger partial charge on any atom is -0.309 e. The van der Waals surface area contributed by atoms with Crippen molar-refractivity contribution in [3.63, 3.8) is 0 Å². The zero-order chi connectivity index (χ0) is 14.9. The van der Waals surface area contributed by atoms with Gasteiger partial charge in [-0.25, -0.2) is 0 Å². The maximum atomic E-state index is 9.27. The maximum absolute atomic E-state index is 9.27. The molecule has 1 N–H and O–H groups in total. The molecule has 19 heavy (non-hydrogen) atoms. The highest BCUT2D eigenvalue weighted by atomic mass is 15.1. The first-order valence-corrected chi connectivity index (χ1v) is 7.31. The van der Waals surface area contributed by atoms with E-state index < -0.39 is 5.54 Å². The fourth-order valence-electron chi connectivity index (χ4n) is 2.27. The molecular formula is C15H32N4. The summed E-state index contributed by atoms with van der Waals surface area (Å²) in [7, 11) is 6.38. The smallest absolute Gasteiger partial charge is 0.104 e. The third kappa shape index (κ3) is 9.89. The number of nitrogens with one attached hydrogen (secondary N) is 1. The van der Waals surface area contributed by atoms with Crippen LogP contribution in [-0.2, 0) is 0 Å². The van der Waals surface area contributed by atoms with E-state index in [9.17, 15) is 5.26 Å². The molecule has 0 aromatic rings. The number of nitriles is 1. The van der Waals surface area contributed by atoms with E-state index in [1.54, 1.807) is 0 Å². The molecule has 0 bridgehead atoms. The summed E-state index contributed by atoms with van der Waals surface area (Å²) in [5.74, 6) is 0. The van der Waals surface area contributed by atoms with Crippen molar-refractivity contribution >= 4 is 0 Å². The second-order valence-electron chi connectivity index (χ2n) is 6.31. The van der Waals surface area contributed by atoms with E-state index in [2.05, 4.69) is 56.2 Å². The molecule has 0 heterocycles. The van der Waals surface area contributed by atoms with Crippen LogP contribution in [0.25, 0.3) is 0 Å².